The van der Waals surface area contributed by atoms with E-state index in [0.717, 1.165) is 0 Å². The molecule has 0 N–H and O–H groups in total. The number of rotatable bonds is 2. The molecule has 0 aromatic heterocycles. The molecule has 0 aromatic carbocycles. The van der Waals surface area contributed by atoms with Crippen LogP contribution >= 0.6 is 24.8 Å². The van der Waals surface area contributed by atoms with Gasteiger partial charge in [-0.3, -0.25) is 0 Å². The zero-order valence-corrected chi connectivity index (χ0v) is 14.8. The second-order valence-electron chi connectivity index (χ2n) is 4.50. The van der Waals surface area contributed by atoms with Crippen LogP contribution in [-0.4, -0.2) is 4.21 Å². The topological polar surface area (TPSA) is 0 Å². The van der Waals surface area contributed by atoms with E-state index in [4.69, 9.17) is 0 Å². The van der Waals surface area contributed by atoms with Gasteiger partial charge in [0.2, 0.25) is 0 Å². The Labute approximate surface area is 125 Å². The first-order chi connectivity index (χ1) is 7.09. The van der Waals surface area contributed by atoms with Crippen molar-refractivity contribution >= 4 is 29.0 Å². The van der Waals surface area contributed by atoms with Gasteiger partial charge in [-0.05, 0) is 0 Å². The van der Waals surface area contributed by atoms with Crippen molar-refractivity contribution in [3.8, 4) is 0 Å². The van der Waals surface area contributed by atoms with Crippen molar-refractivity contribution in [2.45, 2.75) is 33.6 Å². The molecule has 0 aliphatic heterocycles. The molecule has 0 heterocycles. The Morgan fingerprint density at radius 1 is 1.06 bits per heavy atom. The predicted octanol–water partition coefficient (Wildman–Crippen LogP) is 4.74. The third kappa shape index (κ3) is 3.63. The van der Waals surface area contributed by atoms with Gasteiger partial charge in [-0.25, -0.2) is 0 Å². The predicted molar refractivity (Wildman–Crippen MR) is 79.1 cm³/mol. The standard InChI is InChI=1S/C7H9.C6H7.CH2.2ClH.Zr/c1-6-4-3-5-7(6)2;1-6-4-2-3-5-6;;;;/h4H,3H2,1-2H3;4-5H,2H2,1H3;1H2;2*1H;. The van der Waals surface area contributed by atoms with Gasteiger partial charge in [0.05, 0.1) is 0 Å². The van der Waals surface area contributed by atoms with E-state index in [1.165, 1.54) is 24.0 Å². The van der Waals surface area contributed by atoms with E-state index in [0.29, 0.717) is 0 Å². The van der Waals surface area contributed by atoms with E-state index < -0.39 is 21.3 Å². The fraction of sp³-hybridized carbons (Fsp3) is 0.357. The Kier molecular flexibility index (Phi) is 7.14. The monoisotopic (exact) mass is 348 g/mol. The molecular formula is C14H20Cl2Zr. The van der Waals surface area contributed by atoms with Crippen LogP contribution in [0.25, 0.3) is 0 Å². The number of hydrogen-bond donors (Lipinski definition) is 0. The molecule has 0 bridgehead atoms. The average Bonchev–Trinajstić information content (AvgIpc) is 2.75. The Balaban J connectivity index is 0.00000128. The van der Waals surface area contributed by atoms with Gasteiger partial charge < -0.3 is 0 Å². The van der Waals surface area contributed by atoms with E-state index in [9.17, 15) is 0 Å². The summed E-state index contributed by atoms with van der Waals surface area (Å²) in [5.74, 6) is 0. The average molecular weight is 350 g/mol. The van der Waals surface area contributed by atoms with Gasteiger partial charge in [0, 0.05) is 0 Å². The quantitative estimate of drug-likeness (QED) is 0.675. The van der Waals surface area contributed by atoms with Crippen LogP contribution in [0.4, 0.5) is 0 Å². The summed E-state index contributed by atoms with van der Waals surface area (Å²) < 4.78 is 7.91. The maximum atomic E-state index is 4.53. The number of hydrogen-bond acceptors (Lipinski definition) is 0. The van der Waals surface area contributed by atoms with Gasteiger partial charge in [0.25, 0.3) is 0 Å². The summed E-state index contributed by atoms with van der Waals surface area (Å²) in [7, 11) is 0. The normalized spacial score (nSPS) is 17.9. The molecule has 94 valence electrons. The van der Waals surface area contributed by atoms with Crippen LogP contribution in [0.5, 0.6) is 0 Å². The minimum atomic E-state index is -1.65. The molecule has 3 heteroatoms. The molecule has 0 unspecified atom stereocenters. The van der Waals surface area contributed by atoms with Crippen molar-refractivity contribution in [1.29, 1.82) is 0 Å². The van der Waals surface area contributed by atoms with E-state index in [-0.39, 0.29) is 24.8 Å². The summed E-state index contributed by atoms with van der Waals surface area (Å²) in [5.41, 5.74) is 4.47. The molecule has 2 aliphatic carbocycles. The third-order valence-corrected chi connectivity index (χ3v) is 9.43. The Morgan fingerprint density at radius 3 is 2.12 bits per heavy atom. The van der Waals surface area contributed by atoms with Crippen LogP contribution in [-0.2, 0) is 21.3 Å². The van der Waals surface area contributed by atoms with Gasteiger partial charge in [0.1, 0.15) is 0 Å². The first-order valence-corrected chi connectivity index (χ1v) is 9.73. The molecule has 0 fully saturated rings. The molecule has 2 rings (SSSR count). The molecule has 0 aromatic rings. The van der Waals surface area contributed by atoms with Crippen molar-refractivity contribution < 1.29 is 21.3 Å². The van der Waals surface area contributed by atoms with Gasteiger partial charge in [-0.1, -0.05) is 0 Å². The summed E-state index contributed by atoms with van der Waals surface area (Å²) in [6.45, 7) is 6.70. The van der Waals surface area contributed by atoms with E-state index >= 15 is 0 Å². The van der Waals surface area contributed by atoms with Crippen molar-refractivity contribution in [2.24, 2.45) is 0 Å². The van der Waals surface area contributed by atoms with Crippen LogP contribution in [0.3, 0.4) is 0 Å². The SMILES string of the molecule is Cl.Cl.[CH2]=[Zr]([C]1=CC(C)=CC1)[C]1=C(C)C(C)=CC1. The van der Waals surface area contributed by atoms with Crippen LogP contribution in [0.1, 0.15) is 33.6 Å². The second kappa shape index (κ2) is 7.02. The van der Waals surface area contributed by atoms with Crippen LogP contribution in [0.15, 0.2) is 41.5 Å². The summed E-state index contributed by atoms with van der Waals surface area (Å²) >= 11 is -1.65. The molecule has 2 aliphatic rings. The Bertz CT molecular complexity index is 451. The van der Waals surface area contributed by atoms with Gasteiger partial charge in [-0.15, -0.1) is 24.8 Å². The van der Waals surface area contributed by atoms with Crippen molar-refractivity contribution in [1.82, 2.24) is 0 Å². The number of halogens is 2. The van der Waals surface area contributed by atoms with E-state index in [1.54, 1.807) is 12.1 Å². The van der Waals surface area contributed by atoms with Crippen LogP contribution in [0, 0.1) is 0 Å². The van der Waals surface area contributed by atoms with E-state index in [2.05, 4.69) is 43.2 Å². The molecule has 0 amide bonds. The van der Waals surface area contributed by atoms with Crippen molar-refractivity contribution in [3.05, 3.63) is 41.5 Å². The molecule has 0 radical (unpaired) electrons. The summed E-state index contributed by atoms with van der Waals surface area (Å²) in [4.78, 5) is 0. The minimum absolute atomic E-state index is 0. The van der Waals surface area contributed by atoms with Crippen molar-refractivity contribution in [3.63, 3.8) is 0 Å². The molecule has 0 saturated heterocycles. The Hall–Kier alpha value is 0.293. The Morgan fingerprint density at radius 2 is 1.71 bits per heavy atom. The molecule has 0 spiro atoms. The fourth-order valence-electron chi connectivity index (χ4n) is 2.22. The first kappa shape index (κ1) is 17.3. The van der Waals surface area contributed by atoms with Gasteiger partial charge in [0.15, 0.2) is 0 Å². The van der Waals surface area contributed by atoms with Gasteiger partial charge >= 0.3 is 101 Å². The summed E-state index contributed by atoms with van der Waals surface area (Å²) in [5, 5.41) is 0. The zero-order chi connectivity index (χ0) is 11.0. The third-order valence-electron chi connectivity index (χ3n) is 3.45. The maximum absolute atomic E-state index is 4.53. The van der Waals surface area contributed by atoms with Crippen LogP contribution < -0.4 is 0 Å². The number of allylic oxidation sites excluding steroid dienone is 8. The van der Waals surface area contributed by atoms with Crippen molar-refractivity contribution in [2.75, 3.05) is 0 Å². The van der Waals surface area contributed by atoms with Gasteiger partial charge in [-0.2, -0.15) is 0 Å². The fourth-order valence-corrected chi connectivity index (χ4v) is 7.47. The second-order valence-corrected chi connectivity index (χ2v) is 9.91. The summed E-state index contributed by atoms with van der Waals surface area (Å²) in [6.07, 6.45) is 9.46. The molecule has 0 nitrogen and oxygen atoms in total. The van der Waals surface area contributed by atoms with Crippen LogP contribution in [0.2, 0.25) is 0 Å². The molecule has 17 heavy (non-hydrogen) atoms. The zero-order valence-electron chi connectivity index (χ0n) is 10.7. The van der Waals surface area contributed by atoms with E-state index in [1.807, 2.05) is 0 Å². The summed E-state index contributed by atoms with van der Waals surface area (Å²) in [6, 6.07) is 0. The first-order valence-electron chi connectivity index (χ1n) is 5.53. The molecule has 0 atom stereocenters. The molecular weight excluding hydrogens is 330 g/mol. The molecule has 0 saturated carbocycles.